The van der Waals surface area contributed by atoms with Crippen LogP contribution in [0.3, 0.4) is 0 Å². The van der Waals surface area contributed by atoms with Crippen molar-refractivity contribution in [3.05, 3.63) is 12.7 Å². The van der Waals surface area contributed by atoms with Gasteiger partial charge in [-0.15, -0.1) is 0 Å². The van der Waals surface area contributed by atoms with E-state index in [1.54, 1.807) is 0 Å². The van der Waals surface area contributed by atoms with Crippen LogP contribution in [0.5, 0.6) is 0 Å². The van der Waals surface area contributed by atoms with Gasteiger partial charge in [-0.3, -0.25) is 4.79 Å². The molecule has 0 bridgehead atoms. The fourth-order valence-corrected chi connectivity index (χ4v) is 0.404. The first-order valence-electron chi connectivity index (χ1n) is 3.13. The molecule has 1 N–H and O–H groups in total. The summed E-state index contributed by atoms with van der Waals surface area (Å²) in [4.78, 5) is 10.6. The zero-order valence-electron chi connectivity index (χ0n) is 5.98. The molecule has 0 aliphatic heterocycles. The third-order valence-corrected chi connectivity index (χ3v) is 1.19. The van der Waals surface area contributed by atoms with Crippen molar-refractivity contribution in [2.24, 2.45) is 0 Å². The van der Waals surface area contributed by atoms with Crippen molar-refractivity contribution in [1.29, 1.82) is 0 Å². The molecule has 0 aliphatic rings. The summed E-state index contributed by atoms with van der Waals surface area (Å²) in [6.45, 7) is 7.32. The van der Waals surface area contributed by atoms with Gasteiger partial charge in [0.05, 0.1) is 0 Å². The van der Waals surface area contributed by atoms with Crippen LogP contribution in [-0.2, 0) is 4.79 Å². The van der Waals surface area contributed by atoms with Gasteiger partial charge in [0.2, 0.25) is 5.91 Å². The van der Waals surface area contributed by atoms with Crippen LogP contribution < -0.4 is 5.32 Å². The molecule has 0 fully saturated rings. The number of rotatable bonds is 3. The Hall–Kier alpha value is 0.210. The molecule has 10 heavy (non-hydrogen) atoms. The Balaban J connectivity index is 0. The van der Waals surface area contributed by atoms with E-state index in [1.807, 2.05) is 13.8 Å². The van der Waals surface area contributed by atoms with Gasteiger partial charge in [0.1, 0.15) is 0 Å². The monoisotopic (exact) mass is 151 g/mol. The molecular formula is C7H14NNaO. The normalized spacial score (nSPS) is 11.0. The number of hydrogen-bond donors (Lipinski definition) is 1. The summed E-state index contributed by atoms with van der Waals surface area (Å²) in [7, 11) is 0. The van der Waals surface area contributed by atoms with Gasteiger partial charge in [-0.25, -0.2) is 0 Å². The van der Waals surface area contributed by atoms with E-state index < -0.39 is 0 Å². The van der Waals surface area contributed by atoms with E-state index in [4.69, 9.17) is 0 Å². The Morgan fingerprint density at radius 1 is 1.80 bits per heavy atom. The molecule has 0 aliphatic carbocycles. The van der Waals surface area contributed by atoms with Crippen LogP contribution in [0.1, 0.15) is 20.3 Å². The average molecular weight is 151 g/mol. The summed E-state index contributed by atoms with van der Waals surface area (Å²) in [6.07, 6.45) is 2.24. The molecule has 0 radical (unpaired) electrons. The number of amides is 1. The fraction of sp³-hybridized carbons (Fsp3) is 0.571. The third-order valence-electron chi connectivity index (χ3n) is 1.19. The zero-order valence-corrected chi connectivity index (χ0v) is 5.98. The Morgan fingerprint density at radius 3 is 2.60 bits per heavy atom. The van der Waals surface area contributed by atoms with E-state index in [0.29, 0.717) is 0 Å². The van der Waals surface area contributed by atoms with E-state index in [-0.39, 0.29) is 41.5 Å². The Bertz CT molecular complexity index is 114. The van der Waals surface area contributed by atoms with Gasteiger partial charge in [0.15, 0.2) is 0 Å². The molecule has 0 aromatic heterocycles. The fourth-order valence-electron chi connectivity index (χ4n) is 0.404. The molecule has 0 saturated carbocycles. The molecular weight excluding hydrogens is 137 g/mol. The molecule has 0 spiro atoms. The number of carbonyl (C=O) groups excluding carboxylic acids is 1. The maximum atomic E-state index is 10.6. The van der Waals surface area contributed by atoms with Crippen molar-refractivity contribution in [2.45, 2.75) is 26.3 Å². The van der Waals surface area contributed by atoms with Crippen LogP contribution in [0.15, 0.2) is 12.7 Å². The molecule has 2 nitrogen and oxygen atoms in total. The second kappa shape index (κ2) is 7.32. The van der Waals surface area contributed by atoms with Crippen LogP contribution in [-0.4, -0.2) is 41.5 Å². The topological polar surface area (TPSA) is 29.1 Å². The SMILES string of the molecule is C=CC(=O)NC(C)CC.[NaH]. The summed E-state index contributed by atoms with van der Waals surface area (Å²) < 4.78 is 0. The van der Waals surface area contributed by atoms with Crippen LogP contribution in [0.25, 0.3) is 0 Å². The number of carbonyl (C=O) groups is 1. The molecule has 0 aromatic carbocycles. The average Bonchev–Trinajstić information content (AvgIpc) is 1.87. The van der Waals surface area contributed by atoms with E-state index in [9.17, 15) is 4.79 Å². The molecule has 1 unspecified atom stereocenters. The summed E-state index contributed by atoms with van der Waals surface area (Å²) in [5.41, 5.74) is 0. The van der Waals surface area contributed by atoms with Crippen molar-refractivity contribution in [3.8, 4) is 0 Å². The Morgan fingerprint density at radius 2 is 2.30 bits per heavy atom. The third kappa shape index (κ3) is 6.33. The summed E-state index contributed by atoms with van der Waals surface area (Å²) >= 11 is 0. The number of hydrogen-bond acceptors (Lipinski definition) is 1. The first-order chi connectivity index (χ1) is 4.20. The van der Waals surface area contributed by atoms with E-state index >= 15 is 0 Å². The van der Waals surface area contributed by atoms with Gasteiger partial charge in [0.25, 0.3) is 0 Å². The molecule has 0 saturated heterocycles. The van der Waals surface area contributed by atoms with Crippen LogP contribution >= 0.6 is 0 Å². The molecule has 54 valence electrons. The van der Waals surface area contributed by atoms with Crippen molar-refractivity contribution in [1.82, 2.24) is 5.32 Å². The molecule has 0 heterocycles. The summed E-state index contributed by atoms with van der Waals surface area (Å²) in [5.74, 6) is -0.0932. The maximum absolute atomic E-state index is 10.6. The predicted molar refractivity (Wildman–Crippen MR) is 45.2 cm³/mol. The molecule has 1 atom stereocenters. The minimum absolute atomic E-state index is 0. The first-order valence-corrected chi connectivity index (χ1v) is 3.13. The van der Waals surface area contributed by atoms with Gasteiger partial charge >= 0.3 is 29.6 Å². The summed E-state index contributed by atoms with van der Waals surface area (Å²) in [6, 6.07) is 0.260. The van der Waals surface area contributed by atoms with Gasteiger partial charge < -0.3 is 5.32 Å². The van der Waals surface area contributed by atoms with Gasteiger partial charge in [-0.2, -0.15) is 0 Å². The standard InChI is InChI=1S/C7H13NO.Na.H/c1-4-6(3)8-7(9)5-2;;/h5-6H,2,4H2,1,3H3,(H,8,9);;. The zero-order chi connectivity index (χ0) is 7.28. The van der Waals surface area contributed by atoms with Crippen molar-refractivity contribution in [3.63, 3.8) is 0 Å². The second-order valence-electron chi connectivity index (χ2n) is 2.02. The molecule has 3 heteroatoms. The first kappa shape index (κ1) is 12.8. The van der Waals surface area contributed by atoms with Crippen molar-refractivity contribution < 1.29 is 4.79 Å². The van der Waals surface area contributed by atoms with E-state index in [0.717, 1.165) is 6.42 Å². The van der Waals surface area contributed by atoms with Crippen LogP contribution in [0.2, 0.25) is 0 Å². The number of nitrogens with one attached hydrogen (secondary N) is 1. The molecule has 1 amide bonds. The van der Waals surface area contributed by atoms with Gasteiger partial charge in [0, 0.05) is 6.04 Å². The predicted octanol–water partition coefficient (Wildman–Crippen LogP) is 0.439. The van der Waals surface area contributed by atoms with Crippen LogP contribution in [0.4, 0.5) is 0 Å². The quantitative estimate of drug-likeness (QED) is 0.460. The van der Waals surface area contributed by atoms with Gasteiger partial charge in [-0.05, 0) is 19.4 Å². The van der Waals surface area contributed by atoms with E-state index in [2.05, 4.69) is 11.9 Å². The molecule has 0 rings (SSSR count). The van der Waals surface area contributed by atoms with Gasteiger partial charge in [-0.1, -0.05) is 13.5 Å². The van der Waals surface area contributed by atoms with Crippen LogP contribution in [0, 0.1) is 0 Å². The van der Waals surface area contributed by atoms with Crippen molar-refractivity contribution >= 4 is 35.5 Å². The second-order valence-corrected chi connectivity index (χ2v) is 2.02. The summed E-state index contributed by atoms with van der Waals surface area (Å²) in [5, 5.41) is 2.72. The Kier molecular flexibility index (Phi) is 9.40. The van der Waals surface area contributed by atoms with E-state index in [1.165, 1.54) is 6.08 Å². The minimum atomic E-state index is -0.0932. The molecule has 0 aromatic rings. The Labute approximate surface area is 84.4 Å². The van der Waals surface area contributed by atoms with Crippen molar-refractivity contribution in [2.75, 3.05) is 0 Å².